The summed E-state index contributed by atoms with van der Waals surface area (Å²) in [5, 5.41) is 9.06. The predicted molar refractivity (Wildman–Crippen MR) is 82.2 cm³/mol. The molecule has 1 atom stereocenters. The lowest BCUT2D eigenvalue weighted by Crippen LogP contribution is -2.31. The second-order valence-electron chi connectivity index (χ2n) is 5.72. The first-order chi connectivity index (χ1) is 10.1. The smallest absolute Gasteiger partial charge is 0.337 e. The third-order valence-corrected chi connectivity index (χ3v) is 3.90. The highest BCUT2D eigenvalue weighted by molar-refractivity contribution is 5.88. The molecule has 0 saturated carbocycles. The van der Waals surface area contributed by atoms with Crippen molar-refractivity contribution < 1.29 is 9.90 Å². The summed E-state index contributed by atoms with van der Waals surface area (Å²) in [6, 6.07) is 10.0. The molecule has 0 fully saturated rings. The number of fused-ring (bicyclic) bond motifs is 1. The average molecular weight is 282 g/mol. The fraction of sp³-hybridized carbons (Fsp3) is 0.294. The number of para-hydroxylation sites is 1. The SMILES string of the molecule is Cc1cc(C(=O)O)cnc1N1CC(C)Cc2ccccc21. The molecular weight excluding hydrogens is 264 g/mol. The Hall–Kier alpha value is -2.36. The molecule has 1 N–H and O–H groups in total. The van der Waals surface area contributed by atoms with Gasteiger partial charge in [0.05, 0.1) is 5.56 Å². The van der Waals surface area contributed by atoms with E-state index in [1.54, 1.807) is 6.07 Å². The van der Waals surface area contributed by atoms with Crippen LogP contribution in [0.25, 0.3) is 0 Å². The van der Waals surface area contributed by atoms with Gasteiger partial charge in [0, 0.05) is 18.4 Å². The fourth-order valence-electron chi connectivity index (χ4n) is 2.96. The molecule has 21 heavy (non-hydrogen) atoms. The summed E-state index contributed by atoms with van der Waals surface area (Å²) in [4.78, 5) is 17.6. The number of carboxylic acid groups (broad SMARTS) is 1. The number of carboxylic acids is 1. The van der Waals surface area contributed by atoms with Crippen molar-refractivity contribution >= 4 is 17.5 Å². The van der Waals surface area contributed by atoms with Gasteiger partial charge in [0.1, 0.15) is 5.82 Å². The number of nitrogens with zero attached hydrogens (tertiary/aromatic N) is 2. The number of rotatable bonds is 2. The summed E-state index contributed by atoms with van der Waals surface area (Å²) >= 11 is 0. The van der Waals surface area contributed by atoms with Crippen LogP contribution in [-0.4, -0.2) is 22.6 Å². The summed E-state index contributed by atoms with van der Waals surface area (Å²) in [7, 11) is 0. The molecular formula is C17H18N2O2. The highest BCUT2D eigenvalue weighted by Crippen LogP contribution is 2.35. The van der Waals surface area contributed by atoms with Crippen LogP contribution < -0.4 is 4.90 Å². The van der Waals surface area contributed by atoms with Gasteiger partial charge in [-0.2, -0.15) is 0 Å². The largest absolute Gasteiger partial charge is 0.478 e. The molecule has 1 aromatic carbocycles. The highest BCUT2D eigenvalue weighted by atomic mass is 16.4. The number of pyridine rings is 1. The van der Waals surface area contributed by atoms with Crippen LogP contribution in [0.1, 0.15) is 28.4 Å². The van der Waals surface area contributed by atoms with Gasteiger partial charge in [0.25, 0.3) is 0 Å². The van der Waals surface area contributed by atoms with Crippen LogP contribution in [-0.2, 0) is 6.42 Å². The molecule has 2 heterocycles. The van der Waals surface area contributed by atoms with Gasteiger partial charge in [-0.05, 0) is 42.5 Å². The number of anilines is 2. The van der Waals surface area contributed by atoms with E-state index in [1.165, 1.54) is 17.4 Å². The number of aryl methyl sites for hydroxylation is 1. The topological polar surface area (TPSA) is 53.4 Å². The fourth-order valence-corrected chi connectivity index (χ4v) is 2.96. The Labute approximate surface area is 124 Å². The first-order valence-electron chi connectivity index (χ1n) is 7.11. The van der Waals surface area contributed by atoms with Crippen LogP contribution >= 0.6 is 0 Å². The van der Waals surface area contributed by atoms with Crippen LogP contribution in [0.2, 0.25) is 0 Å². The lowest BCUT2D eigenvalue weighted by atomic mass is 9.93. The van der Waals surface area contributed by atoms with Gasteiger partial charge in [-0.3, -0.25) is 0 Å². The Balaban J connectivity index is 2.06. The van der Waals surface area contributed by atoms with E-state index in [-0.39, 0.29) is 5.56 Å². The molecule has 0 saturated heterocycles. The van der Waals surface area contributed by atoms with Gasteiger partial charge in [-0.1, -0.05) is 25.1 Å². The molecule has 3 rings (SSSR count). The third kappa shape index (κ3) is 2.49. The molecule has 1 aromatic heterocycles. The second-order valence-corrected chi connectivity index (χ2v) is 5.72. The molecule has 0 amide bonds. The van der Waals surface area contributed by atoms with Crippen LogP contribution in [0.5, 0.6) is 0 Å². The van der Waals surface area contributed by atoms with Crippen LogP contribution in [0.4, 0.5) is 11.5 Å². The first kappa shape index (κ1) is 13.6. The van der Waals surface area contributed by atoms with E-state index >= 15 is 0 Å². The quantitative estimate of drug-likeness (QED) is 0.917. The van der Waals surface area contributed by atoms with Crippen LogP contribution in [0, 0.1) is 12.8 Å². The minimum atomic E-state index is -0.940. The molecule has 108 valence electrons. The zero-order chi connectivity index (χ0) is 15.0. The van der Waals surface area contributed by atoms with Crippen molar-refractivity contribution in [1.29, 1.82) is 0 Å². The second kappa shape index (κ2) is 5.20. The summed E-state index contributed by atoms with van der Waals surface area (Å²) in [6.45, 7) is 5.04. The Morgan fingerprint density at radius 1 is 1.38 bits per heavy atom. The Morgan fingerprint density at radius 2 is 2.14 bits per heavy atom. The van der Waals surface area contributed by atoms with Crippen molar-refractivity contribution in [1.82, 2.24) is 4.98 Å². The Morgan fingerprint density at radius 3 is 2.86 bits per heavy atom. The molecule has 4 heteroatoms. The highest BCUT2D eigenvalue weighted by Gasteiger charge is 2.24. The van der Waals surface area contributed by atoms with Crippen LogP contribution in [0.15, 0.2) is 36.5 Å². The van der Waals surface area contributed by atoms with Crippen molar-refractivity contribution in [3.63, 3.8) is 0 Å². The number of benzene rings is 1. The van der Waals surface area contributed by atoms with Gasteiger partial charge >= 0.3 is 5.97 Å². The van der Waals surface area contributed by atoms with Gasteiger partial charge in [-0.25, -0.2) is 9.78 Å². The van der Waals surface area contributed by atoms with Crippen molar-refractivity contribution in [2.45, 2.75) is 20.3 Å². The number of hydrogen-bond acceptors (Lipinski definition) is 3. The van der Waals surface area contributed by atoms with Gasteiger partial charge in [-0.15, -0.1) is 0 Å². The Kier molecular flexibility index (Phi) is 3.37. The monoisotopic (exact) mass is 282 g/mol. The number of carbonyl (C=O) groups is 1. The van der Waals surface area contributed by atoms with Crippen molar-refractivity contribution in [3.05, 3.63) is 53.2 Å². The van der Waals surface area contributed by atoms with Gasteiger partial charge < -0.3 is 10.0 Å². The number of aromatic nitrogens is 1. The normalized spacial score (nSPS) is 17.4. The summed E-state index contributed by atoms with van der Waals surface area (Å²) in [6.07, 6.45) is 2.51. The van der Waals surface area contributed by atoms with Gasteiger partial charge in [0.2, 0.25) is 0 Å². The molecule has 1 aliphatic heterocycles. The molecule has 0 radical (unpaired) electrons. The van der Waals surface area contributed by atoms with E-state index < -0.39 is 5.97 Å². The summed E-state index contributed by atoms with van der Waals surface area (Å²) < 4.78 is 0. The molecule has 1 aliphatic rings. The lowest BCUT2D eigenvalue weighted by Gasteiger charge is -2.34. The van der Waals surface area contributed by atoms with E-state index in [0.717, 1.165) is 24.3 Å². The molecule has 2 aromatic rings. The summed E-state index contributed by atoms with van der Waals surface area (Å²) in [5.74, 6) is 0.448. The van der Waals surface area contributed by atoms with Crippen molar-refractivity contribution in [2.24, 2.45) is 5.92 Å². The maximum atomic E-state index is 11.0. The van der Waals surface area contributed by atoms with E-state index in [9.17, 15) is 4.79 Å². The molecule has 1 unspecified atom stereocenters. The Bertz CT molecular complexity index is 697. The summed E-state index contributed by atoms with van der Waals surface area (Å²) in [5.41, 5.74) is 3.61. The third-order valence-electron chi connectivity index (χ3n) is 3.90. The van der Waals surface area contributed by atoms with E-state index in [4.69, 9.17) is 5.11 Å². The minimum Gasteiger partial charge on any atom is -0.478 e. The van der Waals surface area contributed by atoms with E-state index in [0.29, 0.717) is 5.92 Å². The molecule has 0 aliphatic carbocycles. The zero-order valence-corrected chi connectivity index (χ0v) is 12.2. The lowest BCUT2D eigenvalue weighted by molar-refractivity contribution is 0.0696. The van der Waals surface area contributed by atoms with Crippen molar-refractivity contribution in [3.8, 4) is 0 Å². The predicted octanol–water partition coefficient (Wildman–Crippen LogP) is 3.42. The molecule has 0 spiro atoms. The molecule has 0 bridgehead atoms. The number of aromatic carboxylic acids is 1. The van der Waals surface area contributed by atoms with Crippen molar-refractivity contribution in [2.75, 3.05) is 11.4 Å². The number of hydrogen-bond donors (Lipinski definition) is 1. The first-order valence-corrected chi connectivity index (χ1v) is 7.11. The maximum Gasteiger partial charge on any atom is 0.337 e. The van der Waals surface area contributed by atoms with Crippen LogP contribution in [0.3, 0.4) is 0 Å². The average Bonchev–Trinajstić information content (AvgIpc) is 2.46. The standard InChI is InChI=1S/C17H18N2O2/c1-11-7-13-5-3-4-6-15(13)19(10-11)16-12(2)8-14(9-18-16)17(20)21/h3-6,8-9,11H,7,10H2,1-2H3,(H,20,21). The minimum absolute atomic E-state index is 0.231. The van der Waals surface area contributed by atoms with E-state index in [2.05, 4.69) is 35.0 Å². The van der Waals surface area contributed by atoms with Gasteiger partial charge in [0.15, 0.2) is 0 Å². The maximum absolute atomic E-state index is 11.0. The van der Waals surface area contributed by atoms with E-state index in [1.807, 2.05) is 13.0 Å². The molecule has 4 nitrogen and oxygen atoms in total. The zero-order valence-electron chi connectivity index (χ0n) is 12.2.